The Bertz CT molecular complexity index is 637. The van der Waals surface area contributed by atoms with Gasteiger partial charge in [0.25, 0.3) is 0 Å². The van der Waals surface area contributed by atoms with Gasteiger partial charge in [0, 0.05) is 11.8 Å². The van der Waals surface area contributed by atoms with Crippen molar-refractivity contribution in [1.29, 1.82) is 0 Å². The van der Waals surface area contributed by atoms with Crippen LogP contribution in [0.1, 0.15) is 51.9 Å². The third-order valence-electron chi connectivity index (χ3n) is 7.54. The normalized spacial score (nSPS) is 48.0. The average Bonchev–Trinajstić information content (AvgIpc) is 2.88. The minimum Gasteiger partial charge on any atom is -0.373 e. The minimum absolute atomic E-state index is 0.172. The highest BCUT2D eigenvalue weighted by Gasteiger charge is 2.61. The first-order chi connectivity index (χ1) is 11.0. The van der Waals surface area contributed by atoms with E-state index in [2.05, 4.69) is 18.9 Å². The van der Waals surface area contributed by atoms with E-state index < -0.39 is 5.60 Å². The monoisotopic (exact) mass is 310 g/mol. The van der Waals surface area contributed by atoms with Gasteiger partial charge < -0.3 is 5.11 Å². The molecule has 0 spiro atoms. The minimum atomic E-state index is -1.07. The van der Waals surface area contributed by atoms with Gasteiger partial charge in [-0.1, -0.05) is 24.5 Å². The molecular formula is C21H26O2. The first-order valence-corrected chi connectivity index (χ1v) is 9.17. The highest BCUT2D eigenvalue weighted by Crippen LogP contribution is 2.63. The highest BCUT2D eigenvalue weighted by atomic mass is 16.3. The molecule has 23 heavy (non-hydrogen) atoms. The van der Waals surface area contributed by atoms with Crippen LogP contribution in [0.2, 0.25) is 0 Å². The Kier molecular flexibility index (Phi) is 3.36. The van der Waals surface area contributed by atoms with Gasteiger partial charge in [0.1, 0.15) is 5.60 Å². The quantitative estimate of drug-likeness (QED) is 0.593. The van der Waals surface area contributed by atoms with Crippen molar-refractivity contribution < 1.29 is 9.90 Å². The maximum atomic E-state index is 11.7. The van der Waals surface area contributed by atoms with E-state index in [1.54, 1.807) is 0 Å². The second kappa shape index (κ2) is 5.08. The molecule has 0 aromatic rings. The summed E-state index contributed by atoms with van der Waals surface area (Å²) in [5, 5.41) is 11.0. The average molecular weight is 310 g/mol. The van der Waals surface area contributed by atoms with Crippen molar-refractivity contribution in [3.8, 4) is 12.3 Å². The SMILES string of the molecule is C#CC1(O)C=C[C@H]2[C@@H]3CCC4=CC(=O)CCC4C3CC[C@]21CC. The first-order valence-electron chi connectivity index (χ1n) is 9.17. The number of rotatable bonds is 1. The van der Waals surface area contributed by atoms with Gasteiger partial charge in [0.15, 0.2) is 5.78 Å². The van der Waals surface area contributed by atoms with Gasteiger partial charge in [0.2, 0.25) is 0 Å². The molecule has 4 aliphatic carbocycles. The molecule has 4 aliphatic rings. The maximum Gasteiger partial charge on any atom is 0.155 e. The summed E-state index contributed by atoms with van der Waals surface area (Å²) in [5.74, 6) is 5.28. The van der Waals surface area contributed by atoms with Gasteiger partial charge in [-0.2, -0.15) is 0 Å². The fraction of sp³-hybridized carbons (Fsp3) is 0.667. The molecule has 4 rings (SSSR count). The molecule has 3 unspecified atom stereocenters. The van der Waals surface area contributed by atoms with Crippen LogP contribution in [0.25, 0.3) is 0 Å². The molecule has 0 amide bonds. The Morgan fingerprint density at radius 1 is 1.30 bits per heavy atom. The lowest BCUT2D eigenvalue weighted by Crippen LogP contribution is -2.54. The molecule has 2 heteroatoms. The Labute approximate surface area is 139 Å². The van der Waals surface area contributed by atoms with E-state index in [4.69, 9.17) is 6.42 Å². The van der Waals surface area contributed by atoms with Crippen LogP contribution in [-0.4, -0.2) is 16.5 Å². The second-order valence-electron chi connectivity index (χ2n) is 8.04. The summed E-state index contributed by atoms with van der Waals surface area (Å²) in [5.41, 5.74) is 0.158. The van der Waals surface area contributed by atoms with E-state index in [1.165, 1.54) is 5.57 Å². The molecule has 2 fully saturated rings. The fourth-order valence-corrected chi connectivity index (χ4v) is 6.38. The molecular weight excluding hydrogens is 284 g/mol. The summed E-state index contributed by atoms with van der Waals surface area (Å²) in [6, 6.07) is 0. The first kappa shape index (κ1) is 15.2. The smallest absolute Gasteiger partial charge is 0.155 e. The van der Waals surface area contributed by atoms with Crippen molar-refractivity contribution in [3.05, 3.63) is 23.8 Å². The number of allylic oxidation sites excluding steroid dienone is 3. The van der Waals surface area contributed by atoms with E-state index in [1.807, 2.05) is 12.2 Å². The van der Waals surface area contributed by atoms with Gasteiger partial charge in [-0.25, -0.2) is 0 Å². The van der Waals surface area contributed by atoms with Gasteiger partial charge in [-0.3, -0.25) is 4.79 Å². The van der Waals surface area contributed by atoms with E-state index >= 15 is 0 Å². The van der Waals surface area contributed by atoms with Gasteiger partial charge in [-0.15, -0.1) is 6.42 Å². The van der Waals surface area contributed by atoms with E-state index in [-0.39, 0.29) is 5.41 Å². The Balaban J connectivity index is 1.69. The third-order valence-corrected chi connectivity index (χ3v) is 7.54. The van der Waals surface area contributed by atoms with Gasteiger partial charge in [0.05, 0.1) is 0 Å². The van der Waals surface area contributed by atoms with Crippen molar-refractivity contribution in [2.75, 3.05) is 0 Å². The van der Waals surface area contributed by atoms with Gasteiger partial charge >= 0.3 is 0 Å². The maximum absolute atomic E-state index is 11.7. The number of carbonyl (C=O) groups is 1. The largest absolute Gasteiger partial charge is 0.373 e. The molecule has 2 saturated carbocycles. The van der Waals surface area contributed by atoms with E-state index in [0.29, 0.717) is 35.9 Å². The van der Waals surface area contributed by atoms with E-state index in [0.717, 1.165) is 38.5 Å². The molecule has 1 N–H and O–H groups in total. The van der Waals surface area contributed by atoms with Gasteiger partial charge in [-0.05, 0) is 74.3 Å². The summed E-state index contributed by atoms with van der Waals surface area (Å²) in [6.07, 6.45) is 18.8. The number of aliphatic hydroxyl groups is 1. The molecule has 0 aromatic carbocycles. The molecule has 0 heterocycles. The van der Waals surface area contributed by atoms with Crippen LogP contribution >= 0.6 is 0 Å². The summed E-state index contributed by atoms with van der Waals surface area (Å²) >= 11 is 0. The summed E-state index contributed by atoms with van der Waals surface area (Å²) < 4.78 is 0. The molecule has 0 radical (unpaired) electrons. The lowest BCUT2D eigenvalue weighted by molar-refractivity contribution is -0.116. The summed E-state index contributed by atoms with van der Waals surface area (Å²) in [4.78, 5) is 11.7. The summed E-state index contributed by atoms with van der Waals surface area (Å²) in [6.45, 7) is 2.18. The zero-order valence-corrected chi connectivity index (χ0v) is 13.9. The summed E-state index contributed by atoms with van der Waals surface area (Å²) in [7, 11) is 0. The van der Waals surface area contributed by atoms with Crippen molar-refractivity contribution in [3.63, 3.8) is 0 Å². The molecule has 2 nitrogen and oxygen atoms in total. The molecule has 0 aliphatic heterocycles. The molecule has 0 saturated heterocycles. The number of hydrogen-bond acceptors (Lipinski definition) is 2. The lowest BCUT2D eigenvalue weighted by Gasteiger charge is -2.55. The zero-order chi connectivity index (χ0) is 16.2. The fourth-order valence-electron chi connectivity index (χ4n) is 6.38. The predicted octanol–water partition coefficient (Wildman–Crippen LogP) is 3.66. The van der Waals surface area contributed by atoms with E-state index in [9.17, 15) is 9.90 Å². The standard InChI is InChI=1S/C21H26O2/c1-3-20-11-9-17-16-8-6-15(22)13-14(16)5-7-18(17)19(20)10-12-21(20,23)4-2/h2,10,12-13,16-19,23H,3,5-9,11H2,1H3/t16?,17?,18-,19+,20-,21?/m1/s1. The van der Waals surface area contributed by atoms with Crippen LogP contribution in [0.15, 0.2) is 23.8 Å². The van der Waals surface area contributed by atoms with Crippen LogP contribution in [0, 0.1) is 41.4 Å². The topological polar surface area (TPSA) is 37.3 Å². The highest BCUT2D eigenvalue weighted by molar-refractivity contribution is 5.91. The molecule has 0 aromatic heterocycles. The van der Waals surface area contributed by atoms with Crippen molar-refractivity contribution in [2.45, 2.75) is 57.5 Å². The third kappa shape index (κ3) is 1.89. The predicted molar refractivity (Wildman–Crippen MR) is 90.4 cm³/mol. The molecule has 6 atom stereocenters. The van der Waals surface area contributed by atoms with Crippen LogP contribution in [-0.2, 0) is 4.79 Å². The zero-order valence-electron chi connectivity index (χ0n) is 13.9. The van der Waals surface area contributed by atoms with Crippen molar-refractivity contribution in [2.24, 2.45) is 29.1 Å². The van der Waals surface area contributed by atoms with Crippen LogP contribution in [0.3, 0.4) is 0 Å². The number of terminal acetylenes is 1. The number of carbonyl (C=O) groups excluding carboxylic acids is 1. The van der Waals surface area contributed by atoms with Crippen molar-refractivity contribution >= 4 is 5.78 Å². The second-order valence-corrected chi connectivity index (χ2v) is 8.04. The van der Waals surface area contributed by atoms with Crippen LogP contribution in [0.5, 0.6) is 0 Å². The number of hydrogen-bond donors (Lipinski definition) is 1. The number of fused-ring (bicyclic) bond motifs is 5. The number of ketones is 1. The van der Waals surface area contributed by atoms with Crippen molar-refractivity contribution in [1.82, 2.24) is 0 Å². The van der Waals surface area contributed by atoms with Crippen LogP contribution in [0.4, 0.5) is 0 Å². The van der Waals surface area contributed by atoms with Crippen LogP contribution < -0.4 is 0 Å². The lowest BCUT2D eigenvalue weighted by atomic mass is 9.49. The molecule has 122 valence electrons. The molecule has 0 bridgehead atoms. The Hall–Kier alpha value is -1.33. The Morgan fingerprint density at radius 2 is 2.13 bits per heavy atom. The Morgan fingerprint density at radius 3 is 2.87 bits per heavy atom.